The zero-order chi connectivity index (χ0) is 20.2. The largest absolute Gasteiger partial charge is 0.399 e. The molecular weight excluding hydrogens is 365 g/mol. The number of unbranched alkanes of at least 4 members (excludes halogenated alkanes) is 1. The number of nitrogens with two attached hydrogens (primary N) is 1. The highest BCUT2D eigenvalue weighted by Gasteiger charge is 2.30. The maximum absolute atomic E-state index is 14.1. The lowest BCUT2D eigenvalue weighted by Crippen LogP contribution is -2.45. The van der Waals surface area contributed by atoms with Crippen molar-refractivity contribution in [2.45, 2.75) is 38.9 Å². The molecule has 2 aliphatic heterocycles. The van der Waals surface area contributed by atoms with Crippen molar-refractivity contribution in [1.29, 1.82) is 0 Å². The average Bonchev–Trinajstić information content (AvgIpc) is 3.12. The Hall–Kier alpha value is -3.02. The van der Waals surface area contributed by atoms with Crippen molar-refractivity contribution >= 4 is 11.5 Å². The maximum Gasteiger partial charge on any atom is 0.152 e. The van der Waals surface area contributed by atoms with Gasteiger partial charge in [-0.2, -0.15) is 0 Å². The van der Waals surface area contributed by atoms with E-state index < -0.39 is 0 Å². The smallest absolute Gasteiger partial charge is 0.152 e. The molecule has 0 fully saturated rings. The normalized spacial score (nSPS) is 18.2. The van der Waals surface area contributed by atoms with Crippen LogP contribution in [0.3, 0.4) is 0 Å². The van der Waals surface area contributed by atoms with E-state index in [-0.39, 0.29) is 12.0 Å². The number of amidine groups is 1. The van der Waals surface area contributed by atoms with Crippen molar-refractivity contribution in [2.75, 3.05) is 18.9 Å². The number of nitrogen functional groups attached to an aromatic ring is 1. The second kappa shape index (κ2) is 8.55. The van der Waals surface area contributed by atoms with E-state index in [2.05, 4.69) is 28.2 Å². The molecule has 0 bridgehead atoms. The molecule has 29 heavy (non-hydrogen) atoms. The molecule has 0 spiro atoms. The summed E-state index contributed by atoms with van der Waals surface area (Å²) in [5, 5.41) is 3.54. The van der Waals surface area contributed by atoms with Crippen LogP contribution in [0.1, 0.15) is 30.9 Å². The van der Waals surface area contributed by atoms with Crippen LogP contribution in [0.4, 0.5) is 10.1 Å². The van der Waals surface area contributed by atoms with Gasteiger partial charge >= 0.3 is 0 Å². The Balaban J connectivity index is 1.52. The van der Waals surface area contributed by atoms with E-state index in [1.165, 1.54) is 11.6 Å². The van der Waals surface area contributed by atoms with E-state index in [0.717, 1.165) is 43.0 Å². The summed E-state index contributed by atoms with van der Waals surface area (Å²) in [6, 6.07) is 14.9. The first-order valence-corrected chi connectivity index (χ1v) is 10.3. The fourth-order valence-corrected chi connectivity index (χ4v) is 3.79. The van der Waals surface area contributed by atoms with E-state index in [1.807, 2.05) is 36.4 Å². The summed E-state index contributed by atoms with van der Waals surface area (Å²) in [5.41, 5.74) is 9.48. The summed E-state index contributed by atoms with van der Waals surface area (Å²) >= 11 is 0. The number of halogens is 1. The van der Waals surface area contributed by atoms with Gasteiger partial charge < -0.3 is 20.9 Å². The van der Waals surface area contributed by atoms with Gasteiger partial charge in [-0.05, 0) is 30.2 Å². The first kappa shape index (κ1) is 19.3. The Bertz CT molecular complexity index is 906. The highest BCUT2D eigenvalue weighted by atomic mass is 19.1. The molecule has 1 atom stereocenters. The van der Waals surface area contributed by atoms with Gasteiger partial charge in [0, 0.05) is 37.0 Å². The topological polar surface area (TPSA) is 56.9 Å². The van der Waals surface area contributed by atoms with E-state index in [0.29, 0.717) is 18.8 Å². The number of aliphatic imine (C=N–C) groups is 1. The van der Waals surface area contributed by atoms with E-state index in [1.54, 1.807) is 6.07 Å². The third-order valence-electron chi connectivity index (χ3n) is 5.33. The van der Waals surface area contributed by atoms with Crippen LogP contribution < -0.4 is 11.1 Å². The number of rotatable bonds is 7. The van der Waals surface area contributed by atoms with Gasteiger partial charge in [-0.1, -0.05) is 43.7 Å². The minimum Gasteiger partial charge on any atom is -0.399 e. The molecule has 0 amide bonds. The Kier molecular flexibility index (Phi) is 5.69. The molecule has 0 aliphatic carbocycles. The molecule has 6 heteroatoms. The lowest BCUT2D eigenvalue weighted by Gasteiger charge is -2.36. The van der Waals surface area contributed by atoms with Crippen molar-refractivity contribution in [3.05, 3.63) is 77.4 Å². The number of hydrogen-bond donors (Lipinski definition) is 2. The second-order valence-electron chi connectivity index (χ2n) is 7.70. The number of benzene rings is 2. The van der Waals surface area contributed by atoms with Gasteiger partial charge in [-0.15, -0.1) is 0 Å². The Morgan fingerprint density at radius 3 is 2.72 bits per heavy atom. The zero-order valence-electron chi connectivity index (χ0n) is 16.8. The van der Waals surface area contributed by atoms with Gasteiger partial charge in [0.15, 0.2) is 5.84 Å². The van der Waals surface area contributed by atoms with E-state index in [9.17, 15) is 4.39 Å². The summed E-state index contributed by atoms with van der Waals surface area (Å²) in [7, 11) is 0. The van der Waals surface area contributed by atoms with Crippen LogP contribution in [0.15, 0.2) is 65.4 Å². The molecule has 2 aliphatic rings. The molecule has 0 saturated heterocycles. The molecule has 5 nitrogen and oxygen atoms in total. The van der Waals surface area contributed by atoms with Crippen LogP contribution in [0.2, 0.25) is 0 Å². The molecule has 4 rings (SSSR count). The molecule has 0 radical (unpaired) electrons. The Morgan fingerprint density at radius 1 is 1.17 bits per heavy atom. The number of nitrogens with one attached hydrogen (secondary N) is 1. The molecule has 2 heterocycles. The van der Waals surface area contributed by atoms with Crippen molar-refractivity contribution in [3.8, 4) is 0 Å². The van der Waals surface area contributed by atoms with Gasteiger partial charge in [0.2, 0.25) is 0 Å². The van der Waals surface area contributed by atoms with E-state index >= 15 is 0 Å². The van der Waals surface area contributed by atoms with Gasteiger partial charge in [0.1, 0.15) is 12.0 Å². The lowest BCUT2D eigenvalue weighted by atomic mass is 10.1. The second-order valence-corrected chi connectivity index (χ2v) is 7.70. The third kappa shape index (κ3) is 4.53. The monoisotopic (exact) mass is 393 g/mol. The third-order valence-corrected chi connectivity index (χ3v) is 5.33. The maximum atomic E-state index is 14.1. The minimum atomic E-state index is -0.161. The first-order chi connectivity index (χ1) is 14.1. The molecule has 2 aromatic rings. The minimum absolute atomic E-state index is 0.00240. The van der Waals surface area contributed by atoms with Gasteiger partial charge in [-0.3, -0.25) is 0 Å². The van der Waals surface area contributed by atoms with Crippen LogP contribution in [0.5, 0.6) is 0 Å². The molecular formula is C23H28FN5. The van der Waals surface area contributed by atoms with Crippen molar-refractivity contribution in [2.24, 2.45) is 4.99 Å². The number of nitrogens with zero attached hydrogens (tertiary/aromatic N) is 3. The van der Waals surface area contributed by atoms with Gasteiger partial charge in [0.25, 0.3) is 0 Å². The van der Waals surface area contributed by atoms with Crippen molar-refractivity contribution in [3.63, 3.8) is 0 Å². The SMILES string of the molecule is CCCCN1CN(Cc2ccccc2F)C=C2NC(Cc3ccc(N)cc3)N=C21. The highest BCUT2D eigenvalue weighted by Crippen LogP contribution is 2.23. The molecule has 1 unspecified atom stereocenters. The average molecular weight is 394 g/mol. The predicted octanol–water partition coefficient (Wildman–Crippen LogP) is 3.70. The van der Waals surface area contributed by atoms with Gasteiger partial charge in [0.05, 0.1) is 12.4 Å². The molecule has 0 saturated carbocycles. The first-order valence-electron chi connectivity index (χ1n) is 10.3. The zero-order valence-corrected chi connectivity index (χ0v) is 16.8. The molecule has 152 valence electrons. The van der Waals surface area contributed by atoms with Gasteiger partial charge in [-0.25, -0.2) is 9.38 Å². The fraction of sp³-hybridized carbons (Fsp3) is 0.348. The molecule has 2 aromatic carbocycles. The molecule has 0 aromatic heterocycles. The van der Waals surface area contributed by atoms with Crippen LogP contribution in [-0.2, 0) is 13.0 Å². The summed E-state index contributed by atoms with van der Waals surface area (Å²) in [6.07, 6.45) is 5.10. The van der Waals surface area contributed by atoms with Crippen LogP contribution in [0.25, 0.3) is 0 Å². The number of anilines is 1. The standard InChI is InChI=1S/C23H28FN5/c1-2-3-12-29-16-28(14-18-6-4-5-7-20(18)24)15-21-23(29)27-22(26-21)13-17-8-10-19(25)11-9-17/h4-11,15,22,26H,2-3,12-14,16,25H2,1H3. The number of fused-ring (bicyclic) bond motifs is 1. The summed E-state index contributed by atoms with van der Waals surface area (Å²) in [6.45, 7) is 4.39. The highest BCUT2D eigenvalue weighted by molar-refractivity contribution is 6.00. The number of hydrogen-bond acceptors (Lipinski definition) is 5. The quantitative estimate of drug-likeness (QED) is 0.705. The molecule has 3 N–H and O–H groups in total. The van der Waals surface area contributed by atoms with Crippen LogP contribution in [-0.4, -0.2) is 35.0 Å². The Morgan fingerprint density at radius 2 is 1.97 bits per heavy atom. The summed E-state index contributed by atoms with van der Waals surface area (Å²) in [5.74, 6) is 0.856. The van der Waals surface area contributed by atoms with E-state index in [4.69, 9.17) is 10.7 Å². The van der Waals surface area contributed by atoms with Crippen LogP contribution >= 0.6 is 0 Å². The summed E-state index contributed by atoms with van der Waals surface area (Å²) in [4.78, 5) is 9.41. The van der Waals surface area contributed by atoms with Crippen LogP contribution in [0, 0.1) is 5.82 Å². The summed E-state index contributed by atoms with van der Waals surface area (Å²) < 4.78 is 14.1. The fourth-order valence-electron chi connectivity index (χ4n) is 3.79. The predicted molar refractivity (Wildman–Crippen MR) is 115 cm³/mol. The Labute approximate surface area is 171 Å². The van der Waals surface area contributed by atoms with Crippen molar-refractivity contribution in [1.82, 2.24) is 15.1 Å². The van der Waals surface area contributed by atoms with Crippen molar-refractivity contribution < 1.29 is 4.39 Å². The lowest BCUT2D eigenvalue weighted by molar-refractivity contribution is 0.224.